The number of amides is 2. The first kappa shape index (κ1) is 18.3. The normalized spacial score (nSPS) is 15.5. The van der Waals surface area contributed by atoms with Gasteiger partial charge in [0.1, 0.15) is 0 Å². The summed E-state index contributed by atoms with van der Waals surface area (Å²) in [7, 11) is 0. The third-order valence-electron chi connectivity index (χ3n) is 4.60. The molecule has 1 fully saturated rings. The first-order valence-electron chi connectivity index (χ1n) is 8.86. The van der Waals surface area contributed by atoms with Gasteiger partial charge in [-0.05, 0) is 45.7 Å². The number of anilines is 1. The van der Waals surface area contributed by atoms with Crippen molar-refractivity contribution in [1.29, 1.82) is 0 Å². The number of nitrogens with one attached hydrogen (secondary N) is 1. The standard InChI is InChI=1S/C19H29N3O2/c1-5-22(14(2)3)19(24)17-8-6-7-9-18(17)21-12-10-16(11-13-21)20-15(4)23/h6-9,14,16H,5,10-13H2,1-4H3,(H,20,23). The minimum absolute atomic E-state index is 0.0274. The second-order valence-corrected chi connectivity index (χ2v) is 6.66. The molecule has 5 heteroatoms. The number of rotatable bonds is 5. The van der Waals surface area contributed by atoms with E-state index in [1.165, 1.54) is 0 Å². The molecule has 1 aromatic carbocycles. The molecule has 0 spiro atoms. The van der Waals surface area contributed by atoms with E-state index in [-0.39, 0.29) is 23.9 Å². The van der Waals surface area contributed by atoms with Crippen molar-refractivity contribution in [2.45, 2.75) is 52.6 Å². The van der Waals surface area contributed by atoms with Crippen molar-refractivity contribution < 1.29 is 9.59 Å². The first-order chi connectivity index (χ1) is 11.4. The van der Waals surface area contributed by atoms with Crippen LogP contribution >= 0.6 is 0 Å². The Morgan fingerprint density at radius 3 is 2.42 bits per heavy atom. The highest BCUT2D eigenvalue weighted by atomic mass is 16.2. The summed E-state index contributed by atoms with van der Waals surface area (Å²) < 4.78 is 0. The van der Waals surface area contributed by atoms with Gasteiger partial charge in [-0.1, -0.05) is 12.1 Å². The molecule has 0 atom stereocenters. The van der Waals surface area contributed by atoms with Crippen molar-refractivity contribution in [2.24, 2.45) is 0 Å². The van der Waals surface area contributed by atoms with Crippen LogP contribution in [0.25, 0.3) is 0 Å². The SMILES string of the molecule is CCN(C(=O)c1ccccc1N1CCC(NC(C)=O)CC1)C(C)C. The largest absolute Gasteiger partial charge is 0.371 e. The highest BCUT2D eigenvalue weighted by molar-refractivity contribution is 6.00. The molecule has 1 aliphatic rings. The maximum Gasteiger partial charge on any atom is 0.256 e. The maximum atomic E-state index is 12.9. The Labute approximate surface area is 145 Å². The van der Waals surface area contributed by atoms with Crippen LogP contribution < -0.4 is 10.2 Å². The summed E-state index contributed by atoms with van der Waals surface area (Å²) in [4.78, 5) is 28.3. The molecule has 5 nitrogen and oxygen atoms in total. The molecule has 0 unspecified atom stereocenters. The Kier molecular flexibility index (Phi) is 6.23. The summed E-state index contributed by atoms with van der Waals surface area (Å²) in [5.74, 6) is 0.117. The number of para-hydroxylation sites is 1. The molecule has 0 saturated carbocycles. The maximum absolute atomic E-state index is 12.9. The highest BCUT2D eigenvalue weighted by Gasteiger charge is 2.25. The number of benzene rings is 1. The lowest BCUT2D eigenvalue weighted by molar-refractivity contribution is -0.119. The molecule has 0 aromatic heterocycles. The van der Waals surface area contributed by atoms with E-state index >= 15 is 0 Å². The smallest absolute Gasteiger partial charge is 0.256 e. The van der Waals surface area contributed by atoms with Gasteiger partial charge in [0.25, 0.3) is 5.91 Å². The minimum atomic E-state index is 0.0274. The van der Waals surface area contributed by atoms with Crippen LogP contribution in [-0.2, 0) is 4.79 Å². The van der Waals surface area contributed by atoms with Crippen LogP contribution in [0.3, 0.4) is 0 Å². The van der Waals surface area contributed by atoms with Crippen LogP contribution in [0, 0.1) is 0 Å². The van der Waals surface area contributed by atoms with Gasteiger partial charge in [0, 0.05) is 44.3 Å². The second kappa shape index (κ2) is 8.18. The summed E-state index contributed by atoms with van der Waals surface area (Å²) in [5, 5.41) is 2.99. The molecule has 2 rings (SSSR count). The number of hydrogen-bond donors (Lipinski definition) is 1. The zero-order valence-electron chi connectivity index (χ0n) is 15.2. The van der Waals surface area contributed by atoms with Gasteiger partial charge < -0.3 is 15.1 Å². The molecular weight excluding hydrogens is 302 g/mol. The van der Waals surface area contributed by atoms with Crippen molar-refractivity contribution in [3.63, 3.8) is 0 Å². The van der Waals surface area contributed by atoms with Crippen molar-refractivity contribution >= 4 is 17.5 Å². The number of carbonyl (C=O) groups is 2. The number of piperidine rings is 1. The van der Waals surface area contributed by atoms with Crippen LogP contribution in [0.15, 0.2) is 24.3 Å². The van der Waals surface area contributed by atoms with Gasteiger partial charge >= 0.3 is 0 Å². The Balaban J connectivity index is 2.15. The quantitative estimate of drug-likeness (QED) is 0.902. The topological polar surface area (TPSA) is 52.7 Å². The Hall–Kier alpha value is -2.04. The van der Waals surface area contributed by atoms with Crippen LogP contribution in [0.2, 0.25) is 0 Å². The zero-order valence-corrected chi connectivity index (χ0v) is 15.2. The minimum Gasteiger partial charge on any atom is -0.371 e. The molecule has 2 amide bonds. The van der Waals surface area contributed by atoms with Crippen molar-refractivity contribution in [1.82, 2.24) is 10.2 Å². The lowest BCUT2D eigenvalue weighted by atomic mass is 10.0. The average Bonchev–Trinajstić information content (AvgIpc) is 2.55. The van der Waals surface area contributed by atoms with E-state index in [0.29, 0.717) is 6.54 Å². The molecule has 1 aliphatic heterocycles. The van der Waals surface area contributed by atoms with Gasteiger partial charge in [0.2, 0.25) is 5.91 Å². The zero-order chi connectivity index (χ0) is 17.7. The van der Waals surface area contributed by atoms with Crippen LogP contribution in [-0.4, -0.2) is 48.4 Å². The van der Waals surface area contributed by atoms with E-state index in [9.17, 15) is 9.59 Å². The fraction of sp³-hybridized carbons (Fsp3) is 0.579. The Bertz CT molecular complexity index is 578. The summed E-state index contributed by atoms with van der Waals surface area (Å²) in [6.45, 7) is 10.1. The fourth-order valence-corrected chi connectivity index (χ4v) is 3.38. The van der Waals surface area contributed by atoms with Gasteiger partial charge in [-0.2, -0.15) is 0 Å². The molecule has 1 aromatic rings. The molecule has 1 heterocycles. The number of nitrogens with zero attached hydrogens (tertiary/aromatic N) is 2. The molecule has 0 radical (unpaired) electrons. The van der Waals surface area contributed by atoms with Gasteiger partial charge in [-0.15, -0.1) is 0 Å². The van der Waals surface area contributed by atoms with Crippen LogP contribution in [0.4, 0.5) is 5.69 Å². The summed E-state index contributed by atoms with van der Waals surface area (Å²) >= 11 is 0. The van der Waals surface area contributed by atoms with Crippen molar-refractivity contribution in [2.75, 3.05) is 24.5 Å². The second-order valence-electron chi connectivity index (χ2n) is 6.66. The summed E-state index contributed by atoms with van der Waals surface area (Å²) in [6.07, 6.45) is 1.81. The predicted molar refractivity (Wildman–Crippen MR) is 97.3 cm³/mol. The lowest BCUT2D eigenvalue weighted by Gasteiger charge is -2.35. The fourth-order valence-electron chi connectivity index (χ4n) is 3.38. The molecule has 132 valence electrons. The van der Waals surface area contributed by atoms with Crippen LogP contribution in [0.1, 0.15) is 50.9 Å². The van der Waals surface area contributed by atoms with Crippen molar-refractivity contribution in [3.8, 4) is 0 Å². The number of carbonyl (C=O) groups excluding carboxylic acids is 2. The van der Waals surface area contributed by atoms with Gasteiger partial charge in [0.15, 0.2) is 0 Å². The highest BCUT2D eigenvalue weighted by Crippen LogP contribution is 2.26. The van der Waals surface area contributed by atoms with E-state index in [0.717, 1.165) is 37.2 Å². The molecule has 1 N–H and O–H groups in total. The average molecular weight is 331 g/mol. The Morgan fingerprint density at radius 1 is 1.25 bits per heavy atom. The molecule has 0 bridgehead atoms. The van der Waals surface area contributed by atoms with E-state index in [1.54, 1.807) is 6.92 Å². The monoisotopic (exact) mass is 331 g/mol. The third kappa shape index (κ3) is 4.28. The predicted octanol–water partition coefficient (Wildman–Crippen LogP) is 2.66. The third-order valence-corrected chi connectivity index (χ3v) is 4.60. The number of hydrogen-bond acceptors (Lipinski definition) is 3. The van der Waals surface area contributed by atoms with E-state index in [1.807, 2.05) is 49.9 Å². The van der Waals surface area contributed by atoms with Gasteiger partial charge in [0.05, 0.1) is 5.56 Å². The van der Waals surface area contributed by atoms with E-state index in [2.05, 4.69) is 10.2 Å². The first-order valence-corrected chi connectivity index (χ1v) is 8.86. The van der Waals surface area contributed by atoms with Gasteiger partial charge in [-0.25, -0.2) is 0 Å². The van der Waals surface area contributed by atoms with Crippen molar-refractivity contribution in [3.05, 3.63) is 29.8 Å². The Morgan fingerprint density at radius 2 is 1.88 bits per heavy atom. The van der Waals surface area contributed by atoms with E-state index < -0.39 is 0 Å². The lowest BCUT2D eigenvalue weighted by Crippen LogP contribution is -2.45. The van der Waals surface area contributed by atoms with E-state index in [4.69, 9.17) is 0 Å². The van der Waals surface area contributed by atoms with Gasteiger partial charge in [-0.3, -0.25) is 9.59 Å². The molecule has 1 saturated heterocycles. The molecule has 0 aliphatic carbocycles. The summed E-state index contributed by atoms with van der Waals surface area (Å²) in [6, 6.07) is 8.28. The molecule has 24 heavy (non-hydrogen) atoms. The summed E-state index contributed by atoms with van der Waals surface area (Å²) in [5.41, 5.74) is 1.77. The van der Waals surface area contributed by atoms with Crippen LogP contribution in [0.5, 0.6) is 0 Å². The molecular formula is C19H29N3O2.